The fourth-order valence-corrected chi connectivity index (χ4v) is 3.67. The Balaban J connectivity index is 1.77. The van der Waals surface area contributed by atoms with Gasteiger partial charge in [-0.15, -0.1) is 11.3 Å². The Morgan fingerprint density at radius 2 is 2.50 bits per heavy atom. The van der Waals surface area contributed by atoms with E-state index in [0.29, 0.717) is 6.04 Å². The van der Waals surface area contributed by atoms with Crippen molar-refractivity contribution in [1.82, 2.24) is 10.2 Å². The van der Waals surface area contributed by atoms with Gasteiger partial charge in [-0.1, -0.05) is 0 Å². The summed E-state index contributed by atoms with van der Waals surface area (Å²) in [6.45, 7) is 6.95. The van der Waals surface area contributed by atoms with Crippen LogP contribution in [0.25, 0.3) is 0 Å². The zero-order valence-electron chi connectivity index (χ0n) is 10.5. The van der Waals surface area contributed by atoms with Crippen molar-refractivity contribution in [2.24, 2.45) is 0 Å². The number of piperazine rings is 1. The molecule has 2 saturated heterocycles. The molecule has 96 valence electrons. The number of hydrogen-bond acceptors (Lipinski definition) is 5. The van der Waals surface area contributed by atoms with Gasteiger partial charge in [0, 0.05) is 32.2 Å². The molecular weight excluding hydrogens is 246 g/mol. The van der Waals surface area contributed by atoms with Gasteiger partial charge in [0.25, 0.3) is 0 Å². The van der Waals surface area contributed by atoms with Crippen LogP contribution in [-0.4, -0.2) is 43.7 Å². The summed E-state index contributed by atoms with van der Waals surface area (Å²) in [6.07, 6.45) is 0.137. The van der Waals surface area contributed by atoms with Crippen molar-refractivity contribution < 1.29 is 4.74 Å². The van der Waals surface area contributed by atoms with Crippen molar-refractivity contribution in [3.63, 3.8) is 0 Å². The molecule has 2 aliphatic heterocycles. The highest BCUT2D eigenvalue weighted by Crippen LogP contribution is 2.32. The third-order valence-electron chi connectivity index (χ3n) is 3.89. The lowest BCUT2D eigenvalue weighted by atomic mass is 10.0. The molecule has 18 heavy (non-hydrogen) atoms. The standard InChI is InChI=1S/C13H17N3OS/c1-9-11(8-18-13(9)4-14)12-6-16-3-2-15-5-10(16)7-17-12/h8,10,12,15H,2-3,5-7H2,1H3/t10-,12+/m0/s1. The second-order valence-electron chi connectivity index (χ2n) is 4.93. The number of fused-ring (bicyclic) bond motifs is 1. The lowest BCUT2D eigenvalue weighted by molar-refractivity contribution is -0.0718. The highest BCUT2D eigenvalue weighted by molar-refractivity contribution is 7.10. The summed E-state index contributed by atoms with van der Waals surface area (Å²) in [7, 11) is 0. The third kappa shape index (κ3) is 2.06. The molecule has 1 N–H and O–H groups in total. The molecule has 0 saturated carbocycles. The van der Waals surface area contributed by atoms with E-state index in [-0.39, 0.29) is 6.10 Å². The first-order valence-corrected chi connectivity index (χ1v) is 7.22. The molecule has 0 amide bonds. The molecule has 3 rings (SSSR count). The van der Waals surface area contributed by atoms with E-state index in [1.807, 2.05) is 6.92 Å². The average Bonchev–Trinajstić information content (AvgIpc) is 2.79. The van der Waals surface area contributed by atoms with Gasteiger partial charge >= 0.3 is 0 Å². The van der Waals surface area contributed by atoms with Crippen LogP contribution in [0.1, 0.15) is 22.1 Å². The van der Waals surface area contributed by atoms with E-state index in [0.717, 1.165) is 43.2 Å². The lowest BCUT2D eigenvalue weighted by Gasteiger charge is -2.42. The maximum absolute atomic E-state index is 9.02. The van der Waals surface area contributed by atoms with Gasteiger partial charge in [0.05, 0.1) is 12.7 Å². The Hall–Kier alpha value is -0.930. The molecule has 0 unspecified atom stereocenters. The monoisotopic (exact) mass is 263 g/mol. The molecule has 0 aromatic carbocycles. The predicted molar refractivity (Wildman–Crippen MR) is 70.7 cm³/mol. The molecule has 2 fully saturated rings. The number of morpholine rings is 1. The maximum Gasteiger partial charge on any atom is 0.110 e. The van der Waals surface area contributed by atoms with E-state index < -0.39 is 0 Å². The second kappa shape index (κ2) is 4.98. The molecule has 5 heteroatoms. The second-order valence-corrected chi connectivity index (χ2v) is 5.81. The predicted octanol–water partition coefficient (Wildman–Crippen LogP) is 1.27. The van der Waals surface area contributed by atoms with Crippen molar-refractivity contribution >= 4 is 11.3 Å². The smallest absolute Gasteiger partial charge is 0.110 e. The summed E-state index contributed by atoms with van der Waals surface area (Å²) in [4.78, 5) is 3.32. The van der Waals surface area contributed by atoms with Crippen LogP contribution in [-0.2, 0) is 4.74 Å². The number of rotatable bonds is 1. The number of nitriles is 1. The molecule has 0 bridgehead atoms. The van der Waals surface area contributed by atoms with Gasteiger partial charge in [-0.3, -0.25) is 4.90 Å². The zero-order valence-corrected chi connectivity index (χ0v) is 11.3. The zero-order chi connectivity index (χ0) is 12.5. The molecule has 1 aromatic rings. The van der Waals surface area contributed by atoms with Crippen LogP contribution in [0.4, 0.5) is 0 Å². The van der Waals surface area contributed by atoms with Gasteiger partial charge in [-0.05, 0) is 23.4 Å². The largest absolute Gasteiger partial charge is 0.370 e. The fraction of sp³-hybridized carbons (Fsp3) is 0.615. The number of ether oxygens (including phenoxy) is 1. The number of hydrogen-bond donors (Lipinski definition) is 1. The Morgan fingerprint density at radius 1 is 1.61 bits per heavy atom. The molecular formula is C13H17N3OS. The Labute approximate surface area is 111 Å². The molecule has 2 aliphatic rings. The Morgan fingerprint density at radius 3 is 3.28 bits per heavy atom. The summed E-state index contributed by atoms with van der Waals surface area (Å²) in [5.74, 6) is 0. The molecule has 0 radical (unpaired) electrons. The van der Waals surface area contributed by atoms with Gasteiger partial charge in [0.1, 0.15) is 10.9 Å². The summed E-state index contributed by atoms with van der Waals surface area (Å²) >= 11 is 1.53. The summed E-state index contributed by atoms with van der Waals surface area (Å²) < 4.78 is 5.99. The third-order valence-corrected chi connectivity index (χ3v) is 4.89. The molecule has 4 nitrogen and oxygen atoms in total. The number of nitrogens with zero attached hydrogens (tertiary/aromatic N) is 2. The van der Waals surface area contributed by atoms with Crippen LogP contribution in [0.3, 0.4) is 0 Å². The Kier molecular flexibility index (Phi) is 3.35. The topological polar surface area (TPSA) is 48.3 Å². The van der Waals surface area contributed by atoms with Gasteiger partial charge in [0.15, 0.2) is 0 Å². The number of nitrogens with one attached hydrogen (secondary N) is 1. The van der Waals surface area contributed by atoms with Gasteiger partial charge in [-0.2, -0.15) is 5.26 Å². The first-order chi connectivity index (χ1) is 8.79. The van der Waals surface area contributed by atoms with Crippen molar-refractivity contribution in [1.29, 1.82) is 5.26 Å². The van der Waals surface area contributed by atoms with Gasteiger partial charge < -0.3 is 10.1 Å². The quantitative estimate of drug-likeness (QED) is 0.829. The minimum atomic E-state index is 0.137. The minimum Gasteiger partial charge on any atom is -0.370 e. The van der Waals surface area contributed by atoms with Crippen molar-refractivity contribution in [3.05, 3.63) is 21.4 Å². The lowest BCUT2D eigenvalue weighted by Crippen LogP contribution is -2.57. The summed E-state index contributed by atoms with van der Waals surface area (Å²) in [6, 6.07) is 2.77. The summed E-state index contributed by atoms with van der Waals surface area (Å²) in [5.41, 5.74) is 2.30. The van der Waals surface area contributed by atoms with Crippen LogP contribution in [0, 0.1) is 18.3 Å². The molecule has 1 aromatic heterocycles. The van der Waals surface area contributed by atoms with Crippen molar-refractivity contribution in [2.45, 2.75) is 19.1 Å². The normalized spacial score (nSPS) is 28.7. The van der Waals surface area contributed by atoms with E-state index in [9.17, 15) is 0 Å². The molecule has 3 heterocycles. The highest BCUT2D eigenvalue weighted by atomic mass is 32.1. The van der Waals surface area contributed by atoms with E-state index in [1.54, 1.807) is 0 Å². The summed E-state index contributed by atoms with van der Waals surface area (Å²) in [5, 5.41) is 14.5. The molecule has 0 aliphatic carbocycles. The van der Waals surface area contributed by atoms with Crippen LogP contribution in [0.2, 0.25) is 0 Å². The van der Waals surface area contributed by atoms with Crippen molar-refractivity contribution in [3.8, 4) is 6.07 Å². The van der Waals surface area contributed by atoms with Gasteiger partial charge in [0.2, 0.25) is 0 Å². The van der Waals surface area contributed by atoms with Crippen molar-refractivity contribution in [2.75, 3.05) is 32.8 Å². The fourth-order valence-electron chi connectivity index (χ4n) is 2.75. The first kappa shape index (κ1) is 12.1. The van der Waals surface area contributed by atoms with Crippen LogP contribution in [0.15, 0.2) is 5.38 Å². The van der Waals surface area contributed by atoms with Crippen LogP contribution in [0.5, 0.6) is 0 Å². The van der Waals surface area contributed by atoms with Crippen LogP contribution < -0.4 is 5.32 Å². The van der Waals surface area contributed by atoms with E-state index in [4.69, 9.17) is 10.00 Å². The first-order valence-electron chi connectivity index (χ1n) is 6.34. The van der Waals surface area contributed by atoms with E-state index in [2.05, 4.69) is 21.7 Å². The maximum atomic E-state index is 9.02. The average molecular weight is 263 g/mol. The Bertz CT molecular complexity index is 479. The number of thiophene rings is 1. The minimum absolute atomic E-state index is 0.137. The van der Waals surface area contributed by atoms with Crippen LogP contribution >= 0.6 is 11.3 Å². The molecule has 2 atom stereocenters. The van der Waals surface area contributed by atoms with E-state index >= 15 is 0 Å². The van der Waals surface area contributed by atoms with Gasteiger partial charge in [-0.25, -0.2) is 0 Å². The highest BCUT2D eigenvalue weighted by Gasteiger charge is 2.32. The molecule has 0 spiro atoms. The van der Waals surface area contributed by atoms with E-state index in [1.165, 1.54) is 16.9 Å². The SMILES string of the molecule is Cc1c([C@H]2CN3CCNC[C@H]3CO2)csc1C#N.